The number of hydrogen-bond donors (Lipinski definition) is 2. The summed E-state index contributed by atoms with van der Waals surface area (Å²) in [6, 6.07) is 24.0. The minimum absolute atomic E-state index is 0.142. The van der Waals surface area contributed by atoms with Gasteiger partial charge in [0.1, 0.15) is 11.6 Å². The Balaban J connectivity index is 1.29. The van der Waals surface area contributed by atoms with Crippen LogP contribution in [0.1, 0.15) is 63.2 Å². The molecule has 2 aromatic carbocycles. The average molecular weight is 554 g/mol. The van der Waals surface area contributed by atoms with E-state index in [1.807, 2.05) is 57.6 Å². The van der Waals surface area contributed by atoms with Crippen molar-refractivity contribution in [3.63, 3.8) is 0 Å². The molecular formula is C31H35N7OS. The Labute approximate surface area is 239 Å². The monoisotopic (exact) mass is 553 g/mol. The number of carbonyl (C=O) groups is 1. The Morgan fingerprint density at radius 3 is 2.48 bits per heavy atom. The molecule has 9 heteroatoms. The molecule has 0 bridgehead atoms. The van der Waals surface area contributed by atoms with E-state index in [-0.39, 0.29) is 17.4 Å². The van der Waals surface area contributed by atoms with E-state index in [1.54, 1.807) is 11.8 Å². The predicted octanol–water partition coefficient (Wildman–Crippen LogP) is 6.87. The van der Waals surface area contributed by atoms with E-state index in [0.717, 1.165) is 38.1 Å². The lowest BCUT2D eigenvalue weighted by Gasteiger charge is -2.14. The number of rotatable bonds is 8. The first-order valence-corrected chi connectivity index (χ1v) is 14.3. The molecule has 0 unspecified atom stereocenters. The van der Waals surface area contributed by atoms with Crippen molar-refractivity contribution in [2.24, 2.45) is 0 Å². The number of nitrogens with one attached hydrogen (secondary N) is 2. The second kappa shape index (κ2) is 11.6. The van der Waals surface area contributed by atoms with Crippen molar-refractivity contribution < 1.29 is 4.79 Å². The first-order chi connectivity index (χ1) is 19.2. The number of pyridine rings is 1. The van der Waals surface area contributed by atoms with Crippen LogP contribution in [0, 0.1) is 0 Å². The highest BCUT2D eigenvalue weighted by atomic mass is 32.2. The van der Waals surface area contributed by atoms with Gasteiger partial charge in [-0.1, -0.05) is 94.9 Å². The number of aromatic nitrogens is 5. The molecule has 0 radical (unpaired) electrons. The lowest BCUT2D eigenvalue weighted by atomic mass is 9.92. The van der Waals surface area contributed by atoms with Crippen molar-refractivity contribution in [2.75, 3.05) is 5.32 Å². The molecule has 0 saturated heterocycles. The van der Waals surface area contributed by atoms with E-state index in [4.69, 9.17) is 5.10 Å². The lowest BCUT2D eigenvalue weighted by molar-refractivity contribution is 0.251. The van der Waals surface area contributed by atoms with Crippen LogP contribution in [0.25, 0.3) is 5.65 Å². The zero-order valence-corrected chi connectivity index (χ0v) is 24.4. The van der Waals surface area contributed by atoms with Gasteiger partial charge in [0.15, 0.2) is 5.65 Å². The first kappa shape index (κ1) is 27.5. The van der Waals surface area contributed by atoms with Gasteiger partial charge >= 0.3 is 6.03 Å². The number of fused-ring (bicyclic) bond motifs is 1. The molecule has 2 N–H and O–H groups in total. The summed E-state index contributed by atoms with van der Waals surface area (Å²) in [5.74, 6) is 1.87. The van der Waals surface area contributed by atoms with Gasteiger partial charge in [-0.3, -0.25) is 9.72 Å². The highest BCUT2D eigenvalue weighted by Gasteiger charge is 2.21. The summed E-state index contributed by atoms with van der Waals surface area (Å²) >= 11 is 1.66. The van der Waals surface area contributed by atoms with Crippen molar-refractivity contribution in [3.05, 3.63) is 102 Å². The van der Waals surface area contributed by atoms with Crippen LogP contribution in [0.3, 0.4) is 0 Å². The van der Waals surface area contributed by atoms with Gasteiger partial charge in [0, 0.05) is 39.9 Å². The summed E-state index contributed by atoms with van der Waals surface area (Å²) in [5, 5.41) is 19.5. The molecule has 0 spiro atoms. The Kier molecular flexibility index (Phi) is 7.93. The summed E-state index contributed by atoms with van der Waals surface area (Å²) in [4.78, 5) is 15.2. The Morgan fingerprint density at radius 1 is 0.975 bits per heavy atom. The highest BCUT2D eigenvalue weighted by molar-refractivity contribution is 7.99. The van der Waals surface area contributed by atoms with Crippen LogP contribution < -0.4 is 10.6 Å². The molecule has 40 heavy (non-hydrogen) atoms. The SMILES string of the molecule is CC(C)c1nnc2ccc(Sc3ccccc3CNC(=O)Nc3cc(C(C)(C)C)nn3Cc3ccccc3)cn12. The number of benzene rings is 2. The summed E-state index contributed by atoms with van der Waals surface area (Å²) < 4.78 is 3.90. The molecule has 0 saturated carbocycles. The van der Waals surface area contributed by atoms with E-state index >= 15 is 0 Å². The van der Waals surface area contributed by atoms with E-state index in [2.05, 4.69) is 85.9 Å². The maximum atomic E-state index is 13.0. The molecule has 0 atom stereocenters. The largest absolute Gasteiger partial charge is 0.334 e. The van der Waals surface area contributed by atoms with E-state index < -0.39 is 0 Å². The third-order valence-electron chi connectivity index (χ3n) is 6.52. The van der Waals surface area contributed by atoms with Crippen LogP contribution in [0.4, 0.5) is 10.6 Å². The number of nitrogens with zero attached hydrogens (tertiary/aromatic N) is 5. The number of amides is 2. The lowest BCUT2D eigenvalue weighted by Crippen LogP contribution is -2.29. The average Bonchev–Trinajstić information content (AvgIpc) is 3.53. The smallest absolute Gasteiger partial charge is 0.320 e. The molecule has 206 valence electrons. The number of hydrogen-bond acceptors (Lipinski definition) is 5. The fraction of sp³-hybridized carbons (Fsp3) is 0.290. The van der Waals surface area contributed by atoms with Crippen LogP contribution >= 0.6 is 11.8 Å². The van der Waals surface area contributed by atoms with Crippen molar-refractivity contribution in [3.8, 4) is 0 Å². The third kappa shape index (κ3) is 6.37. The van der Waals surface area contributed by atoms with Gasteiger partial charge in [0.05, 0.1) is 12.2 Å². The zero-order valence-electron chi connectivity index (χ0n) is 23.5. The van der Waals surface area contributed by atoms with Gasteiger partial charge in [-0.05, 0) is 29.3 Å². The normalized spacial score (nSPS) is 11.8. The molecule has 8 nitrogen and oxygen atoms in total. The summed E-state index contributed by atoms with van der Waals surface area (Å²) in [6.45, 7) is 11.5. The molecular weight excluding hydrogens is 518 g/mol. The molecule has 0 aliphatic carbocycles. The standard InChI is InChI=1S/C31H35N7OS/c1-21(2)29-35-34-27-16-15-24(20-37(27)29)40-25-14-10-9-13-23(25)18-32-30(39)33-28-17-26(31(3,4)5)36-38(28)19-22-11-7-6-8-12-22/h6-17,20-21H,18-19H2,1-5H3,(H2,32,33,39). The summed E-state index contributed by atoms with van der Waals surface area (Å²) in [6.07, 6.45) is 2.08. The molecule has 2 amide bonds. The third-order valence-corrected chi connectivity index (χ3v) is 7.62. The number of anilines is 1. The molecule has 3 heterocycles. The highest BCUT2D eigenvalue weighted by Crippen LogP contribution is 2.31. The van der Waals surface area contributed by atoms with Crippen LogP contribution in [0.5, 0.6) is 0 Å². The van der Waals surface area contributed by atoms with Crippen LogP contribution in [-0.2, 0) is 18.5 Å². The van der Waals surface area contributed by atoms with Crippen molar-refractivity contribution in [2.45, 2.75) is 68.8 Å². The van der Waals surface area contributed by atoms with E-state index in [1.165, 1.54) is 0 Å². The molecule has 0 aliphatic heterocycles. The molecule has 5 aromatic rings. The molecule has 0 aliphatic rings. The number of carbonyl (C=O) groups excluding carboxylic acids is 1. The first-order valence-electron chi connectivity index (χ1n) is 13.4. The van der Waals surface area contributed by atoms with Crippen molar-refractivity contribution >= 4 is 29.3 Å². The minimum atomic E-state index is -0.276. The fourth-order valence-electron chi connectivity index (χ4n) is 4.32. The zero-order chi connectivity index (χ0) is 28.3. The molecule has 5 rings (SSSR count). The fourth-order valence-corrected chi connectivity index (χ4v) is 5.28. The molecule has 0 fully saturated rings. The predicted molar refractivity (Wildman–Crippen MR) is 160 cm³/mol. The van der Waals surface area contributed by atoms with Gasteiger partial charge in [-0.2, -0.15) is 5.10 Å². The van der Waals surface area contributed by atoms with Crippen molar-refractivity contribution in [1.82, 2.24) is 29.7 Å². The van der Waals surface area contributed by atoms with Gasteiger partial charge in [0.25, 0.3) is 0 Å². The maximum absolute atomic E-state index is 13.0. The second-order valence-electron chi connectivity index (χ2n) is 11.1. The van der Waals surface area contributed by atoms with Crippen molar-refractivity contribution in [1.29, 1.82) is 0 Å². The summed E-state index contributed by atoms with van der Waals surface area (Å²) in [7, 11) is 0. The van der Waals surface area contributed by atoms with Gasteiger partial charge in [-0.15, -0.1) is 10.2 Å². The van der Waals surface area contributed by atoms with E-state index in [9.17, 15) is 4.79 Å². The maximum Gasteiger partial charge on any atom is 0.320 e. The van der Waals surface area contributed by atoms with Crippen LogP contribution in [0.15, 0.2) is 88.8 Å². The Bertz CT molecular complexity index is 1620. The Morgan fingerprint density at radius 2 is 1.73 bits per heavy atom. The van der Waals surface area contributed by atoms with E-state index in [0.29, 0.717) is 18.9 Å². The minimum Gasteiger partial charge on any atom is -0.334 e. The van der Waals surface area contributed by atoms with Gasteiger partial charge in [-0.25, -0.2) is 9.48 Å². The van der Waals surface area contributed by atoms with Gasteiger partial charge < -0.3 is 5.32 Å². The quantitative estimate of drug-likeness (QED) is 0.219. The van der Waals surface area contributed by atoms with Crippen LogP contribution in [0.2, 0.25) is 0 Å². The van der Waals surface area contributed by atoms with Crippen LogP contribution in [-0.4, -0.2) is 30.4 Å². The second-order valence-corrected chi connectivity index (χ2v) is 12.2. The number of urea groups is 1. The van der Waals surface area contributed by atoms with Gasteiger partial charge in [0.2, 0.25) is 0 Å². The molecule has 3 aromatic heterocycles. The summed E-state index contributed by atoms with van der Waals surface area (Å²) in [5.41, 5.74) is 3.76. The Hall–Kier alpha value is -4.11. The topological polar surface area (TPSA) is 89.1 Å².